The van der Waals surface area contributed by atoms with Crippen LogP contribution < -0.4 is 10.6 Å². The number of rotatable bonds is 21. The van der Waals surface area contributed by atoms with Crippen molar-refractivity contribution in [3.8, 4) is 0 Å². The Bertz CT molecular complexity index is 947. The quantitative estimate of drug-likeness (QED) is 0.0413. The number of azide groups is 1. The van der Waals surface area contributed by atoms with Crippen LogP contribution in [0.15, 0.2) is 5.11 Å². The van der Waals surface area contributed by atoms with E-state index in [1.165, 1.54) is 13.8 Å². The van der Waals surface area contributed by atoms with Crippen LogP contribution >= 0.6 is 0 Å². The fraction of sp³-hybridized carbons (Fsp3) is 0.800. The van der Waals surface area contributed by atoms with Crippen molar-refractivity contribution in [3.63, 3.8) is 0 Å². The molecule has 2 N–H and O–H groups in total. The number of nitrogens with one attached hydrogen (secondary N) is 2. The van der Waals surface area contributed by atoms with Crippen molar-refractivity contribution in [1.82, 2.24) is 10.6 Å². The zero-order chi connectivity index (χ0) is 32.0. The first kappa shape index (κ1) is 37.5. The van der Waals surface area contributed by atoms with Crippen molar-refractivity contribution in [1.29, 1.82) is 0 Å². The summed E-state index contributed by atoms with van der Waals surface area (Å²) in [6.07, 6.45) is -5.01. The molecule has 2 amide bonds. The van der Waals surface area contributed by atoms with E-state index in [4.69, 9.17) is 43.4 Å². The van der Waals surface area contributed by atoms with Gasteiger partial charge in [-0.3, -0.25) is 24.0 Å². The number of carbonyl (C=O) groups is 5. The van der Waals surface area contributed by atoms with E-state index < -0.39 is 60.3 Å². The molecule has 1 rings (SSSR count). The van der Waals surface area contributed by atoms with Gasteiger partial charge in [-0.1, -0.05) is 5.11 Å². The maximum atomic E-state index is 12.7. The first-order valence-electron chi connectivity index (χ1n) is 13.6. The topological polar surface area (TPSA) is 232 Å². The third-order valence-corrected chi connectivity index (χ3v) is 5.41. The molecule has 1 aliphatic heterocycles. The van der Waals surface area contributed by atoms with E-state index in [0.717, 1.165) is 13.8 Å². The second-order valence-corrected chi connectivity index (χ2v) is 8.99. The first-order chi connectivity index (χ1) is 20.5. The molecule has 0 aromatic rings. The molecule has 0 aliphatic carbocycles. The lowest BCUT2D eigenvalue weighted by Gasteiger charge is -2.45. The van der Waals surface area contributed by atoms with Crippen molar-refractivity contribution in [2.24, 2.45) is 5.11 Å². The highest BCUT2D eigenvalue weighted by atomic mass is 16.6. The summed E-state index contributed by atoms with van der Waals surface area (Å²) < 4.78 is 42.9. The lowest BCUT2D eigenvalue weighted by Crippen LogP contribution is -2.69. The summed E-state index contributed by atoms with van der Waals surface area (Å²) in [7, 11) is 0. The van der Waals surface area contributed by atoms with Gasteiger partial charge in [-0.05, 0) is 5.53 Å². The fourth-order valence-corrected chi connectivity index (χ4v) is 3.76. The summed E-state index contributed by atoms with van der Waals surface area (Å²) in [5, 5.41) is 8.52. The van der Waals surface area contributed by atoms with Crippen molar-refractivity contribution in [2.45, 2.75) is 64.7 Å². The van der Waals surface area contributed by atoms with E-state index >= 15 is 0 Å². The van der Waals surface area contributed by atoms with E-state index in [1.54, 1.807) is 0 Å². The van der Waals surface area contributed by atoms with Gasteiger partial charge in [0.25, 0.3) is 0 Å². The molecule has 0 spiro atoms. The highest BCUT2D eigenvalue weighted by Crippen LogP contribution is 2.26. The minimum absolute atomic E-state index is 0.0384. The number of nitrogens with zero attached hydrogens (tertiary/aromatic N) is 3. The largest absolute Gasteiger partial charge is 0.463 e. The highest BCUT2D eigenvalue weighted by Gasteiger charge is 2.51. The van der Waals surface area contributed by atoms with Crippen LogP contribution in [0.1, 0.15) is 34.1 Å². The molecular formula is C25H41N5O13. The number of hydrogen-bond donors (Lipinski definition) is 2. The summed E-state index contributed by atoms with van der Waals surface area (Å²) in [4.78, 5) is 62.4. The third-order valence-electron chi connectivity index (χ3n) is 5.41. The van der Waals surface area contributed by atoms with E-state index in [0.29, 0.717) is 33.0 Å². The Balaban J connectivity index is 2.56. The summed E-state index contributed by atoms with van der Waals surface area (Å²) in [6, 6.07) is -1.15. The zero-order valence-corrected chi connectivity index (χ0v) is 24.8. The summed E-state index contributed by atoms with van der Waals surface area (Å²) in [6.45, 7) is 6.78. The number of hydrogen-bond acceptors (Lipinski definition) is 14. The predicted molar refractivity (Wildman–Crippen MR) is 144 cm³/mol. The Hall–Kier alpha value is -3.54. The van der Waals surface area contributed by atoms with Crippen molar-refractivity contribution in [2.75, 3.05) is 66.0 Å². The second kappa shape index (κ2) is 22.1. The van der Waals surface area contributed by atoms with Gasteiger partial charge in [0, 0.05) is 39.2 Å². The Morgan fingerprint density at radius 2 is 1.28 bits per heavy atom. The van der Waals surface area contributed by atoms with Crippen LogP contribution in [0.2, 0.25) is 0 Å². The van der Waals surface area contributed by atoms with E-state index in [2.05, 4.69) is 20.7 Å². The van der Waals surface area contributed by atoms with E-state index in [-0.39, 0.29) is 39.4 Å². The molecule has 244 valence electrons. The molecule has 1 fully saturated rings. The molecule has 18 heteroatoms. The molecule has 18 nitrogen and oxygen atoms in total. The highest BCUT2D eigenvalue weighted by molar-refractivity contribution is 5.77. The van der Waals surface area contributed by atoms with Gasteiger partial charge in [-0.25, -0.2) is 0 Å². The Labute approximate surface area is 248 Å². The van der Waals surface area contributed by atoms with Gasteiger partial charge in [-0.15, -0.1) is 0 Å². The summed E-state index contributed by atoms with van der Waals surface area (Å²) in [5.41, 5.74) is 8.15. The minimum atomic E-state index is -1.28. The van der Waals surface area contributed by atoms with Crippen LogP contribution in [0.25, 0.3) is 10.4 Å². The van der Waals surface area contributed by atoms with Crippen LogP contribution in [-0.4, -0.2) is 126 Å². The van der Waals surface area contributed by atoms with Crippen LogP contribution in [0.4, 0.5) is 0 Å². The average molecular weight is 620 g/mol. The number of carbonyl (C=O) groups excluding carboxylic acids is 5. The van der Waals surface area contributed by atoms with Gasteiger partial charge >= 0.3 is 17.9 Å². The van der Waals surface area contributed by atoms with Crippen LogP contribution in [0.3, 0.4) is 0 Å². The molecule has 0 aromatic heterocycles. The maximum absolute atomic E-state index is 12.7. The van der Waals surface area contributed by atoms with Crippen LogP contribution in [-0.2, 0) is 61.9 Å². The van der Waals surface area contributed by atoms with Gasteiger partial charge in [0.1, 0.15) is 18.8 Å². The molecule has 0 radical (unpaired) electrons. The Kier molecular flexibility index (Phi) is 19.2. The van der Waals surface area contributed by atoms with Crippen molar-refractivity contribution in [3.05, 3.63) is 10.4 Å². The predicted octanol–water partition coefficient (Wildman–Crippen LogP) is -0.474. The fourth-order valence-electron chi connectivity index (χ4n) is 3.76. The summed E-state index contributed by atoms with van der Waals surface area (Å²) in [5.74, 6) is -3.17. The normalized spacial score (nSPS) is 21.2. The zero-order valence-electron chi connectivity index (χ0n) is 24.8. The molecule has 5 unspecified atom stereocenters. The molecule has 1 saturated heterocycles. The van der Waals surface area contributed by atoms with Crippen molar-refractivity contribution >= 4 is 29.7 Å². The Morgan fingerprint density at radius 3 is 1.79 bits per heavy atom. The van der Waals surface area contributed by atoms with E-state index in [9.17, 15) is 24.0 Å². The van der Waals surface area contributed by atoms with Gasteiger partial charge in [0.2, 0.25) is 11.8 Å². The Morgan fingerprint density at radius 1 is 0.744 bits per heavy atom. The standard InChI is InChI=1S/C25H41N5O13/c1-16(31)28-22-24(42-19(4)34)23(41-18(3)33)20(15-40-17(2)32)43-25(22)29-21(35)5-7-36-9-11-38-13-14-39-12-10-37-8-6-27-30-26/h20,22-25H,5-15H2,1-4H3,(H,28,31)(H,29,35). The number of ether oxygens (including phenoxy) is 8. The molecular weight excluding hydrogens is 578 g/mol. The van der Waals surface area contributed by atoms with Gasteiger partial charge in [0.05, 0.1) is 59.3 Å². The number of esters is 3. The molecule has 1 heterocycles. The lowest BCUT2D eigenvalue weighted by molar-refractivity contribution is -0.228. The molecule has 5 atom stereocenters. The van der Waals surface area contributed by atoms with Crippen molar-refractivity contribution < 1.29 is 61.9 Å². The maximum Gasteiger partial charge on any atom is 0.303 e. The van der Waals surface area contributed by atoms with Crippen LogP contribution in [0.5, 0.6) is 0 Å². The minimum Gasteiger partial charge on any atom is -0.463 e. The first-order valence-corrected chi connectivity index (χ1v) is 13.6. The lowest BCUT2D eigenvalue weighted by atomic mass is 9.95. The summed E-state index contributed by atoms with van der Waals surface area (Å²) >= 11 is 0. The molecule has 1 aliphatic rings. The third kappa shape index (κ3) is 17.2. The molecule has 43 heavy (non-hydrogen) atoms. The second-order valence-electron chi connectivity index (χ2n) is 8.99. The van der Waals surface area contributed by atoms with Crippen LogP contribution in [0, 0.1) is 0 Å². The van der Waals surface area contributed by atoms with E-state index in [1.807, 2.05) is 0 Å². The number of amides is 2. The molecule has 0 bridgehead atoms. The molecule has 0 saturated carbocycles. The monoisotopic (exact) mass is 619 g/mol. The average Bonchev–Trinajstić information content (AvgIpc) is 2.92. The smallest absolute Gasteiger partial charge is 0.303 e. The van der Waals surface area contributed by atoms with Gasteiger partial charge < -0.3 is 48.5 Å². The van der Waals surface area contributed by atoms with Gasteiger partial charge in [-0.2, -0.15) is 0 Å². The van der Waals surface area contributed by atoms with Gasteiger partial charge in [0.15, 0.2) is 18.4 Å². The SMILES string of the molecule is CC(=O)NC1C(NC(=O)CCOCCOCCOCCOCCN=[N+]=[N-])OC(COC(C)=O)C(OC(C)=O)C1OC(C)=O. The molecule has 0 aromatic carbocycles.